The molecule has 1 aromatic carbocycles. The SMILES string of the molecule is Cn1nc(C(F)(F)C(F)(F)F)c(OC(F)F)c1-n1cc(-c2ccc(Cl)c(C(=O)NC3(C#N)CC3)c2)nn1. The third-order valence-electron chi connectivity index (χ3n) is 5.37. The maximum Gasteiger partial charge on any atom is 0.459 e. The summed E-state index contributed by atoms with van der Waals surface area (Å²) in [4.78, 5) is 12.6. The fourth-order valence-electron chi connectivity index (χ4n) is 3.32. The Morgan fingerprint density at radius 2 is 1.95 bits per heavy atom. The van der Waals surface area contributed by atoms with Crippen LogP contribution in [0.4, 0.5) is 30.7 Å². The summed E-state index contributed by atoms with van der Waals surface area (Å²) in [7, 11) is 0.915. The Morgan fingerprint density at radius 1 is 1.27 bits per heavy atom. The Morgan fingerprint density at radius 3 is 2.51 bits per heavy atom. The molecule has 0 unspecified atom stereocenters. The largest absolute Gasteiger partial charge is 0.459 e. The quantitative estimate of drug-likeness (QED) is 0.437. The van der Waals surface area contributed by atoms with E-state index in [0.29, 0.717) is 22.2 Å². The molecule has 9 nitrogen and oxygen atoms in total. The van der Waals surface area contributed by atoms with Crippen LogP contribution in [0.2, 0.25) is 5.02 Å². The van der Waals surface area contributed by atoms with Gasteiger partial charge in [0, 0.05) is 12.6 Å². The molecule has 0 radical (unpaired) electrons. The van der Waals surface area contributed by atoms with Gasteiger partial charge in [-0.1, -0.05) is 22.9 Å². The van der Waals surface area contributed by atoms with Crippen molar-refractivity contribution in [1.82, 2.24) is 30.1 Å². The minimum atomic E-state index is -6.16. The highest BCUT2D eigenvalue weighted by molar-refractivity contribution is 6.34. The van der Waals surface area contributed by atoms with Crippen molar-refractivity contribution in [3.8, 4) is 28.9 Å². The first kappa shape index (κ1) is 26.2. The first-order valence-electron chi connectivity index (χ1n) is 10.1. The number of halogens is 8. The molecule has 0 atom stereocenters. The number of aromatic nitrogens is 5. The van der Waals surface area contributed by atoms with Crippen LogP contribution in [0.15, 0.2) is 24.4 Å². The highest BCUT2D eigenvalue weighted by atomic mass is 35.5. The minimum Gasteiger partial charge on any atom is -0.428 e. The molecule has 2 aromatic heterocycles. The Balaban J connectivity index is 1.74. The molecule has 196 valence electrons. The van der Waals surface area contributed by atoms with Crippen molar-refractivity contribution in [2.45, 2.75) is 37.1 Å². The molecule has 3 aromatic rings. The van der Waals surface area contributed by atoms with E-state index in [4.69, 9.17) is 16.9 Å². The van der Waals surface area contributed by atoms with Crippen molar-refractivity contribution in [3.05, 3.63) is 40.7 Å². The molecule has 2 heterocycles. The van der Waals surface area contributed by atoms with Gasteiger partial charge in [0.15, 0.2) is 17.3 Å². The Bertz CT molecular complexity index is 1410. The molecule has 4 rings (SSSR count). The normalized spacial score (nSPS) is 14.9. The molecular weight excluding hydrogens is 539 g/mol. The summed E-state index contributed by atoms with van der Waals surface area (Å²) >= 11 is 6.10. The molecule has 0 bridgehead atoms. The number of nitrogens with zero attached hydrogens (tertiary/aromatic N) is 6. The van der Waals surface area contributed by atoms with Crippen molar-refractivity contribution < 1.29 is 40.3 Å². The van der Waals surface area contributed by atoms with Crippen molar-refractivity contribution in [2.75, 3.05) is 0 Å². The molecule has 17 heteroatoms. The molecule has 0 aliphatic heterocycles. The molecular formula is C20H13ClF7N7O2. The van der Waals surface area contributed by atoms with Crippen molar-refractivity contribution in [1.29, 1.82) is 5.26 Å². The lowest BCUT2D eigenvalue weighted by Crippen LogP contribution is -2.35. The van der Waals surface area contributed by atoms with E-state index < -0.39 is 47.4 Å². The second-order valence-corrected chi connectivity index (χ2v) is 8.37. The maximum atomic E-state index is 14.0. The van der Waals surface area contributed by atoms with E-state index in [1.54, 1.807) is 0 Å². The molecule has 1 saturated carbocycles. The molecule has 0 saturated heterocycles. The number of alkyl halides is 7. The van der Waals surface area contributed by atoms with Crippen LogP contribution in [0.3, 0.4) is 0 Å². The van der Waals surface area contributed by atoms with E-state index >= 15 is 0 Å². The number of amides is 1. The number of aryl methyl sites for hydroxylation is 1. The van der Waals surface area contributed by atoms with Gasteiger partial charge in [0.05, 0.1) is 22.9 Å². The number of benzene rings is 1. The Labute approximate surface area is 207 Å². The van der Waals surface area contributed by atoms with Crippen LogP contribution < -0.4 is 10.1 Å². The standard InChI is InChI=1S/C20H13ClF7N7O2/c1-34-16(13(37-17(22)23)14(32-34)19(24,25)20(26,27)28)35-7-12(31-33-35)9-2-3-11(21)10(6-9)15(36)30-18(8-29)4-5-18/h2-3,6-7,17H,4-5H2,1H3,(H,30,36). The van der Waals surface area contributed by atoms with E-state index in [2.05, 4.69) is 25.5 Å². The second-order valence-electron chi connectivity index (χ2n) is 7.97. The van der Waals surface area contributed by atoms with Gasteiger partial charge >= 0.3 is 18.7 Å². The van der Waals surface area contributed by atoms with Gasteiger partial charge in [0.2, 0.25) is 0 Å². The van der Waals surface area contributed by atoms with Gasteiger partial charge in [-0.05, 0) is 25.0 Å². The lowest BCUT2D eigenvalue weighted by molar-refractivity contribution is -0.291. The monoisotopic (exact) mass is 551 g/mol. The van der Waals surface area contributed by atoms with Gasteiger partial charge in [-0.15, -0.1) is 5.10 Å². The summed E-state index contributed by atoms with van der Waals surface area (Å²) in [6.07, 6.45) is -4.22. The molecule has 1 aliphatic rings. The van der Waals surface area contributed by atoms with Crippen molar-refractivity contribution in [3.63, 3.8) is 0 Å². The van der Waals surface area contributed by atoms with Crippen LogP contribution in [0.25, 0.3) is 17.1 Å². The van der Waals surface area contributed by atoms with Crippen molar-refractivity contribution >= 4 is 17.5 Å². The molecule has 1 aliphatic carbocycles. The number of nitrogens with one attached hydrogen (secondary N) is 1. The van der Waals surface area contributed by atoms with Crippen LogP contribution in [-0.4, -0.2) is 49.0 Å². The lowest BCUT2D eigenvalue weighted by atomic mass is 10.1. The zero-order valence-corrected chi connectivity index (χ0v) is 19.1. The van der Waals surface area contributed by atoms with E-state index in [1.165, 1.54) is 18.2 Å². The van der Waals surface area contributed by atoms with Crippen LogP contribution in [0, 0.1) is 11.3 Å². The van der Waals surface area contributed by atoms with Crippen LogP contribution >= 0.6 is 11.6 Å². The van der Waals surface area contributed by atoms with Crippen LogP contribution in [0.1, 0.15) is 28.9 Å². The van der Waals surface area contributed by atoms with Crippen LogP contribution in [0.5, 0.6) is 5.75 Å². The molecule has 1 amide bonds. The second kappa shape index (κ2) is 8.91. The summed E-state index contributed by atoms with van der Waals surface area (Å²) in [5, 5.41) is 22.2. The number of hydrogen-bond acceptors (Lipinski definition) is 6. The molecule has 37 heavy (non-hydrogen) atoms. The summed E-state index contributed by atoms with van der Waals surface area (Å²) in [5.41, 5.74) is -2.96. The van der Waals surface area contributed by atoms with E-state index in [0.717, 1.165) is 13.2 Å². The third-order valence-corrected chi connectivity index (χ3v) is 5.70. The summed E-state index contributed by atoms with van der Waals surface area (Å²) < 4.78 is 97.8. The third kappa shape index (κ3) is 4.78. The predicted molar refractivity (Wildman–Crippen MR) is 110 cm³/mol. The van der Waals surface area contributed by atoms with E-state index in [1.807, 2.05) is 6.07 Å². The zero-order chi connectivity index (χ0) is 27.3. The Kier molecular flexibility index (Phi) is 6.31. The average molecular weight is 552 g/mol. The fourth-order valence-corrected chi connectivity index (χ4v) is 3.52. The van der Waals surface area contributed by atoms with Gasteiger partial charge in [-0.3, -0.25) is 4.79 Å². The number of nitriles is 1. The summed E-state index contributed by atoms with van der Waals surface area (Å²) in [6.45, 7) is -3.77. The van der Waals surface area contributed by atoms with Gasteiger partial charge in [0.1, 0.15) is 11.2 Å². The average Bonchev–Trinajstić information content (AvgIpc) is 3.26. The predicted octanol–water partition coefficient (Wildman–Crippen LogP) is 4.36. The van der Waals surface area contributed by atoms with E-state index in [-0.39, 0.29) is 21.8 Å². The first-order chi connectivity index (χ1) is 17.2. The molecule has 1 N–H and O–H groups in total. The van der Waals surface area contributed by atoms with Gasteiger partial charge in [-0.25, -0.2) is 4.68 Å². The summed E-state index contributed by atoms with van der Waals surface area (Å²) in [6, 6.07) is 5.99. The first-order valence-corrected chi connectivity index (χ1v) is 10.5. The number of hydrogen-bond donors (Lipinski definition) is 1. The Hall–Kier alpha value is -3.87. The topological polar surface area (TPSA) is 111 Å². The van der Waals surface area contributed by atoms with Crippen molar-refractivity contribution in [2.24, 2.45) is 7.05 Å². The lowest BCUT2D eigenvalue weighted by Gasteiger charge is -2.18. The highest BCUT2D eigenvalue weighted by Gasteiger charge is 2.62. The van der Waals surface area contributed by atoms with E-state index in [9.17, 15) is 35.5 Å². The number of rotatable bonds is 7. The van der Waals surface area contributed by atoms with Gasteiger partial charge in [-0.2, -0.15) is 45.8 Å². The van der Waals surface area contributed by atoms with Crippen LogP contribution in [-0.2, 0) is 13.0 Å². The zero-order valence-electron chi connectivity index (χ0n) is 18.3. The molecule has 1 fully saturated rings. The minimum absolute atomic E-state index is 0.0284. The van der Waals surface area contributed by atoms with Gasteiger partial charge < -0.3 is 10.1 Å². The smallest absolute Gasteiger partial charge is 0.428 e. The van der Waals surface area contributed by atoms with Gasteiger partial charge in [0.25, 0.3) is 5.91 Å². The highest BCUT2D eigenvalue weighted by Crippen LogP contribution is 2.48. The maximum absolute atomic E-state index is 14.0. The summed E-state index contributed by atoms with van der Waals surface area (Å²) in [5.74, 6) is -8.64. The fraction of sp³-hybridized carbons (Fsp3) is 0.350. The number of carbonyl (C=O) groups excluding carboxylic acids is 1. The number of ether oxygens (including phenoxy) is 1. The number of carbonyl (C=O) groups is 1. The molecule has 0 spiro atoms.